The van der Waals surface area contributed by atoms with Gasteiger partial charge in [-0.3, -0.25) is 19.3 Å². The van der Waals surface area contributed by atoms with Crippen molar-refractivity contribution in [2.24, 2.45) is 0 Å². The minimum absolute atomic E-state index is 0.0382. The Balaban J connectivity index is 1.43. The molecule has 2 aromatic rings. The van der Waals surface area contributed by atoms with Crippen molar-refractivity contribution in [3.05, 3.63) is 51.6 Å². The standard InChI is InChI=1S/C30H33NO12/c1-40-17-4-2-3-15-22(17)28(37)25-24(26(15)35)27(36)16-10-30(39,19(33)12-32)11-18(23(16)29(25)38)43-21-9-14(5-7-42-21)31-6-8-41-13-20(31)34/h2-4,14,18,20-21,32,34,36,38-39H,5-13H2,1H3/t14-,18+,20-,21+,30+/m1/s1. The van der Waals surface area contributed by atoms with Crippen molar-refractivity contribution in [3.8, 4) is 17.2 Å². The molecule has 2 aliphatic heterocycles. The molecule has 2 heterocycles. The molecular formula is C30H33NO12. The van der Waals surface area contributed by atoms with E-state index in [2.05, 4.69) is 0 Å². The number of ether oxygens (including phenoxy) is 4. The highest BCUT2D eigenvalue weighted by Gasteiger charge is 2.50. The van der Waals surface area contributed by atoms with E-state index in [1.165, 1.54) is 25.3 Å². The van der Waals surface area contributed by atoms with Gasteiger partial charge in [-0.2, -0.15) is 0 Å². The van der Waals surface area contributed by atoms with E-state index in [0.717, 1.165) is 0 Å². The first-order valence-corrected chi connectivity index (χ1v) is 14.1. The molecule has 0 aromatic heterocycles. The van der Waals surface area contributed by atoms with Crippen molar-refractivity contribution in [1.29, 1.82) is 0 Å². The molecule has 13 heteroatoms. The van der Waals surface area contributed by atoms with Crippen LogP contribution in [-0.4, -0.2) is 112 Å². The number of fused-ring (bicyclic) bond motifs is 3. The molecule has 2 fully saturated rings. The van der Waals surface area contributed by atoms with Crippen molar-refractivity contribution in [1.82, 2.24) is 4.90 Å². The van der Waals surface area contributed by atoms with Crippen LogP contribution in [0, 0.1) is 0 Å². The lowest BCUT2D eigenvalue weighted by Gasteiger charge is -2.43. The first-order valence-electron chi connectivity index (χ1n) is 14.1. The molecule has 5 N–H and O–H groups in total. The second kappa shape index (κ2) is 11.2. The third-order valence-electron chi connectivity index (χ3n) is 8.89. The molecule has 0 radical (unpaired) electrons. The number of hydrogen-bond acceptors (Lipinski definition) is 13. The highest BCUT2D eigenvalue weighted by atomic mass is 16.7. The van der Waals surface area contributed by atoms with Crippen LogP contribution < -0.4 is 4.74 Å². The molecule has 2 aromatic carbocycles. The molecular weight excluding hydrogens is 566 g/mol. The van der Waals surface area contributed by atoms with Crippen LogP contribution in [0.3, 0.4) is 0 Å². The fourth-order valence-corrected chi connectivity index (χ4v) is 6.75. The topological polar surface area (TPSA) is 193 Å². The number of methoxy groups -OCH3 is 1. The Labute approximate surface area is 246 Å². The van der Waals surface area contributed by atoms with Crippen LogP contribution in [0.5, 0.6) is 17.2 Å². The van der Waals surface area contributed by atoms with Gasteiger partial charge in [0.2, 0.25) is 5.78 Å². The molecule has 2 saturated heterocycles. The number of nitrogens with zero attached hydrogens (tertiary/aromatic N) is 1. The first kappa shape index (κ1) is 29.6. The maximum Gasteiger partial charge on any atom is 0.202 e. The lowest BCUT2D eigenvalue weighted by atomic mass is 9.72. The summed E-state index contributed by atoms with van der Waals surface area (Å²) < 4.78 is 22.7. The van der Waals surface area contributed by atoms with E-state index in [0.29, 0.717) is 19.6 Å². The van der Waals surface area contributed by atoms with Gasteiger partial charge in [-0.1, -0.05) is 12.1 Å². The molecule has 2 aliphatic carbocycles. The van der Waals surface area contributed by atoms with E-state index < -0.39 is 83.6 Å². The van der Waals surface area contributed by atoms with E-state index in [9.17, 15) is 39.9 Å². The fraction of sp³-hybridized carbons (Fsp3) is 0.500. The van der Waals surface area contributed by atoms with Crippen LogP contribution in [0.15, 0.2) is 18.2 Å². The monoisotopic (exact) mass is 599 g/mol. The third kappa shape index (κ3) is 4.81. The summed E-state index contributed by atoms with van der Waals surface area (Å²) in [6, 6.07) is 4.27. The largest absolute Gasteiger partial charge is 0.507 e. The fourth-order valence-electron chi connectivity index (χ4n) is 6.75. The zero-order chi connectivity index (χ0) is 30.6. The maximum absolute atomic E-state index is 13.8. The Bertz CT molecular complexity index is 1490. The van der Waals surface area contributed by atoms with Gasteiger partial charge in [-0.25, -0.2) is 0 Å². The highest BCUT2D eigenvalue weighted by Crippen LogP contribution is 2.52. The van der Waals surface area contributed by atoms with Crippen LogP contribution in [0.1, 0.15) is 68.3 Å². The normalized spacial score (nSPS) is 29.0. The number of hydrogen-bond donors (Lipinski definition) is 5. The first-order chi connectivity index (χ1) is 20.6. The van der Waals surface area contributed by atoms with E-state index in [-0.39, 0.29) is 53.7 Å². The van der Waals surface area contributed by atoms with Gasteiger partial charge in [0.05, 0.1) is 49.7 Å². The summed E-state index contributed by atoms with van der Waals surface area (Å²) in [5.41, 5.74) is -3.45. The van der Waals surface area contributed by atoms with Crippen LogP contribution in [0.25, 0.3) is 0 Å². The molecule has 4 aliphatic rings. The van der Waals surface area contributed by atoms with Gasteiger partial charge in [-0.15, -0.1) is 0 Å². The van der Waals surface area contributed by atoms with Crippen LogP contribution in [0.2, 0.25) is 0 Å². The summed E-state index contributed by atoms with van der Waals surface area (Å²) in [5, 5.41) is 54.5. The number of aliphatic hydroxyl groups excluding tert-OH is 2. The van der Waals surface area contributed by atoms with Gasteiger partial charge >= 0.3 is 0 Å². The van der Waals surface area contributed by atoms with E-state index in [4.69, 9.17) is 18.9 Å². The summed E-state index contributed by atoms with van der Waals surface area (Å²) in [6.07, 6.45) is -3.12. The lowest BCUT2D eigenvalue weighted by molar-refractivity contribution is -0.225. The predicted molar refractivity (Wildman–Crippen MR) is 145 cm³/mol. The smallest absolute Gasteiger partial charge is 0.202 e. The number of rotatable bonds is 6. The third-order valence-corrected chi connectivity index (χ3v) is 8.89. The molecule has 0 unspecified atom stereocenters. The van der Waals surface area contributed by atoms with Crippen molar-refractivity contribution in [2.45, 2.75) is 55.9 Å². The Hall–Kier alpha value is -3.43. The van der Waals surface area contributed by atoms with E-state index >= 15 is 0 Å². The summed E-state index contributed by atoms with van der Waals surface area (Å²) in [6.45, 7) is 0.373. The van der Waals surface area contributed by atoms with Crippen molar-refractivity contribution in [2.75, 3.05) is 40.1 Å². The van der Waals surface area contributed by atoms with Gasteiger partial charge in [0.1, 0.15) is 35.7 Å². The van der Waals surface area contributed by atoms with Crippen molar-refractivity contribution < 1.29 is 58.9 Å². The average Bonchev–Trinajstić information content (AvgIpc) is 3.00. The Morgan fingerprint density at radius 2 is 1.88 bits per heavy atom. The van der Waals surface area contributed by atoms with Gasteiger partial charge in [-0.05, 0) is 12.5 Å². The van der Waals surface area contributed by atoms with Crippen LogP contribution in [0.4, 0.5) is 0 Å². The zero-order valence-electron chi connectivity index (χ0n) is 23.4. The summed E-state index contributed by atoms with van der Waals surface area (Å²) in [7, 11) is 1.34. The highest BCUT2D eigenvalue weighted by molar-refractivity contribution is 6.31. The zero-order valence-corrected chi connectivity index (χ0v) is 23.4. The van der Waals surface area contributed by atoms with Gasteiger partial charge in [0, 0.05) is 48.5 Å². The quantitative estimate of drug-likeness (QED) is 0.244. The summed E-state index contributed by atoms with van der Waals surface area (Å²) in [4.78, 5) is 42.0. The summed E-state index contributed by atoms with van der Waals surface area (Å²) >= 11 is 0. The summed E-state index contributed by atoms with van der Waals surface area (Å²) in [5.74, 6) is -3.63. The average molecular weight is 600 g/mol. The Morgan fingerprint density at radius 1 is 1.12 bits per heavy atom. The number of phenolic OH excluding ortho intramolecular Hbond substituents is 2. The number of aromatic hydroxyl groups is 2. The minimum atomic E-state index is -2.22. The number of ketones is 3. The molecule has 0 saturated carbocycles. The number of phenols is 2. The van der Waals surface area contributed by atoms with Crippen molar-refractivity contribution >= 4 is 17.3 Å². The Kier molecular flexibility index (Phi) is 7.75. The van der Waals surface area contributed by atoms with E-state index in [1.807, 2.05) is 4.90 Å². The second-order valence-corrected chi connectivity index (χ2v) is 11.3. The Morgan fingerprint density at radius 3 is 2.60 bits per heavy atom. The van der Waals surface area contributed by atoms with Crippen LogP contribution >= 0.6 is 0 Å². The van der Waals surface area contributed by atoms with Gasteiger partial charge in [0.15, 0.2) is 17.9 Å². The molecule has 0 bridgehead atoms. The second-order valence-electron chi connectivity index (χ2n) is 11.3. The van der Waals surface area contributed by atoms with Crippen LogP contribution in [-0.2, 0) is 25.4 Å². The number of carbonyl (C=O) groups excluding carboxylic acids is 3. The molecule has 5 atom stereocenters. The van der Waals surface area contributed by atoms with E-state index in [1.54, 1.807) is 0 Å². The SMILES string of the molecule is COc1cccc2c1C(=O)c1c(O)c3c(c(O)c1C2=O)C[C@@](O)(C(=O)CO)C[C@@H]3O[C@H]1C[C@H](N2CCOC[C@H]2O)CCO1. The number of Topliss-reactive ketones (excluding diaryl/α,β-unsaturated/α-hetero) is 1. The maximum atomic E-state index is 13.8. The molecule has 0 amide bonds. The lowest BCUT2D eigenvalue weighted by Crippen LogP contribution is -2.54. The minimum Gasteiger partial charge on any atom is -0.507 e. The van der Waals surface area contributed by atoms with Gasteiger partial charge < -0.3 is 44.5 Å². The molecule has 13 nitrogen and oxygen atoms in total. The molecule has 230 valence electrons. The number of benzene rings is 2. The molecule has 43 heavy (non-hydrogen) atoms. The van der Waals surface area contributed by atoms with Gasteiger partial charge in [0.25, 0.3) is 0 Å². The number of carbonyl (C=O) groups is 3. The molecule has 0 spiro atoms. The molecule has 6 rings (SSSR count). The van der Waals surface area contributed by atoms with Crippen molar-refractivity contribution in [3.63, 3.8) is 0 Å². The predicted octanol–water partition coefficient (Wildman–Crippen LogP) is 0.334. The number of morpholine rings is 1. The number of aliphatic hydroxyl groups is 3.